The third kappa shape index (κ3) is 9.54. The number of hydrogen-bond acceptors (Lipinski definition) is 5. The lowest BCUT2D eigenvalue weighted by molar-refractivity contribution is -0.153. The second-order valence-electron chi connectivity index (χ2n) is 11.3. The van der Waals surface area contributed by atoms with Crippen LogP contribution in [0.3, 0.4) is 0 Å². The van der Waals surface area contributed by atoms with E-state index in [0.717, 1.165) is 34.0 Å². The van der Waals surface area contributed by atoms with E-state index in [1.165, 1.54) is 0 Å². The first-order valence-corrected chi connectivity index (χ1v) is 13.5. The summed E-state index contributed by atoms with van der Waals surface area (Å²) in [5.74, 6) is 0.371. The quantitative estimate of drug-likeness (QED) is 0.325. The van der Waals surface area contributed by atoms with Crippen molar-refractivity contribution in [2.24, 2.45) is 0 Å². The highest BCUT2D eigenvalue weighted by Gasteiger charge is 2.30. The predicted octanol–water partition coefficient (Wildman–Crippen LogP) is 7.33. The van der Waals surface area contributed by atoms with E-state index in [2.05, 4.69) is 28.1 Å². The number of benzene rings is 2. The van der Waals surface area contributed by atoms with Crippen molar-refractivity contribution in [1.82, 2.24) is 4.90 Å². The second-order valence-corrected chi connectivity index (χ2v) is 12.2. The van der Waals surface area contributed by atoms with Gasteiger partial charge >= 0.3 is 12.1 Å². The molecule has 0 N–H and O–H groups in total. The molecule has 1 heterocycles. The van der Waals surface area contributed by atoms with Gasteiger partial charge in [-0.1, -0.05) is 46.3 Å². The first kappa shape index (κ1) is 28.8. The Morgan fingerprint density at radius 3 is 2.43 bits per heavy atom. The summed E-state index contributed by atoms with van der Waals surface area (Å²) in [6, 6.07) is 13.6. The van der Waals surface area contributed by atoms with Crippen LogP contribution >= 0.6 is 15.9 Å². The van der Waals surface area contributed by atoms with Crippen LogP contribution in [0, 0.1) is 0 Å². The molecule has 1 amide bonds. The third-order valence-corrected chi connectivity index (χ3v) is 6.00. The predicted molar refractivity (Wildman–Crippen MR) is 149 cm³/mol. The summed E-state index contributed by atoms with van der Waals surface area (Å²) in [4.78, 5) is 26.7. The van der Waals surface area contributed by atoms with E-state index in [1.807, 2.05) is 84.0 Å². The van der Waals surface area contributed by atoms with Gasteiger partial charge in [0.2, 0.25) is 0 Å². The third-order valence-electron chi connectivity index (χ3n) is 5.54. The van der Waals surface area contributed by atoms with Crippen LogP contribution in [0.5, 0.6) is 5.75 Å². The van der Waals surface area contributed by atoms with Crippen LogP contribution in [-0.4, -0.2) is 40.8 Å². The molecule has 0 aliphatic carbocycles. The van der Waals surface area contributed by atoms with E-state index in [9.17, 15) is 9.59 Å². The highest BCUT2D eigenvalue weighted by Crippen LogP contribution is 2.25. The Kier molecular flexibility index (Phi) is 9.46. The maximum absolute atomic E-state index is 12.6. The summed E-state index contributed by atoms with van der Waals surface area (Å²) in [7, 11) is 0. The molecule has 2 aromatic rings. The average molecular weight is 573 g/mol. The van der Waals surface area contributed by atoms with E-state index >= 15 is 0 Å². The van der Waals surface area contributed by atoms with Crippen molar-refractivity contribution < 1.29 is 23.8 Å². The standard InChI is InChI=1S/C30H38BrNO5/c1-29(2,3)36-27(33)19-23-10-7-8-12-26(23)35-20-22-16-21(17-24(31)18-22)13-14-25-11-9-15-32(25)28(34)37-30(4,5)6/h7-8,10,12-14,16-18,25H,9,11,15,19-20H2,1-6H3. The van der Waals surface area contributed by atoms with Gasteiger partial charge < -0.3 is 19.1 Å². The van der Waals surface area contributed by atoms with E-state index in [4.69, 9.17) is 14.2 Å². The number of hydrogen-bond donors (Lipinski definition) is 0. The summed E-state index contributed by atoms with van der Waals surface area (Å²) in [6.07, 6.45) is 5.85. The monoisotopic (exact) mass is 571 g/mol. The molecule has 0 aromatic heterocycles. The molecule has 2 aromatic carbocycles. The second kappa shape index (κ2) is 12.2. The van der Waals surface area contributed by atoms with Crippen LogP contribution in [0.2, 0.25) is 0 Å². The van der Waals surface area contributed by atoms with Crippen molar-refractivity contribution in [3.05, 3.63) is 69.7 Å². The van der Waals surface area contributed by atoms with Gasteiger partial charge in [-0.3, -0.25) is 4.79 Å². The van der Waals surface area contributed by atoms with E-state index in [1.54, 1.807) is 4.90 Å². The number of rotatable bonds is 7. The van der Waals surface area contributed by atoms with Gasteiger partial charge in [0.25, 0.3) is 0 Å². The molecule has 1 aliphatic rings. The average Bonchev–Trinajstić information content (AvgIpc) is 3.23. The number of likely N-dealkylation sites (tertiary alicyclic amines) is 1. The normalized spacial score (nSPS) is 16.2. The maximum Gasteiger partial charge on any atom is 0.410 e. The van der Waals surface area contributed by atoms with Crippen LogP contribution in [0.15, 0.2) is 53.0 Å². The zero-order valence-corrected chi connectivity index (χ0v) is 24.3. The number of carbonyl (C=O) groups excluding carboxylic acids is 2. The number of para-hydroxylation sites is 1. The molecule has 200 valence electrons. The Balaban J connectivity index is 1.67. The number of halogens is 1. The first-order chi connectivity index (χ1) is 17.3. The molecule has 0 radical (unpaired) electrons. The Labute approximate surface area is 229 Å². The summed E-state index contributed by atoms with van der Waals surface area (Å²) in [6.45, 7) is 12.3. The van der Waals surface area contributed by atoms with Crippen LogP contribution in [-0.2, 0) is 27.3 Å². The molecule has 3 rings (SSSR count). The summed E-state index contributed by atoms with van der Waals surface area (Å²) >= 11 is 3.60. The van der Waals surface area contributed by atoms with Crippen LogP contribution in [0.1, 0.15) is 71.1 Å². The van der Waals surface area contributed by atoms with Crippen molar-refractivity contribution >= 4 is 34.1 Å². The number of amides is 1. The van der Waals surface area contributed by atoms with Gasteiger partial charge in [-0.2, -0.15) is 0 Å². The van der Waals surface area contributed by atoms with E-state index in [-0.39, 0.29) is 24.5 Å². The molecule has 7 heteroatoms. The smallest absolute Gasteiger partial charge is 0.410 e. The largest absolute Gasteiger partial charge is 0.489 e. The van der Waals surface area contributed by atoms with Gasteiger partial charge in [0.15, 0.2) is 0 Å². The molecule has 0 bridgehead atoms. The summed E-state index contributed by atoms with van der Waals surface area (Å²) in [5.41, 5.74) is 1.73. The van der Waals surface area contributed by atoms with Crippen LogP contribution < -0.4 is 4.74 Å². The van der Waals surface area contributed by atoms with Crippen molar-refractivity contribution in [3.8, 4) is 5.75 Å². The van der Waals surface area contributed by atoms with Crippen molar-refractivity contribution in [3.63, 3.8) is 0 Å². The number of carbonyl (C=O) groups is 2. The topological polar surface area (TPSA) is 65.1 Å². The Bertz CT molecular complexity index is 1130. The Hall–Kier alpha value is -2.80. The van der Waals surface area contributed by atoms with Crippen molar-refractivity contribution in [1.29, 1.82) is 0 Å². The highest BCUT2D eigenvalue weighted by atomic mass is 79.9. The zero-order chi connectivity index (χ0) is 27.2. The maximum atomic E-state index is 12.6. The molecule has 1 saturated heterocycles. The minimum Gasteiger partial charge on any atom is -0.489 e. The first-order valence-electron chi connectivity index (χ1n) is 12.7. The van der Waals surface area contributed by atoms with Crippen molar-refractivity contribution in [2.45, 2.75) is 84.7 Å². The fourth-order valence-corrected chi connectivity index (χ4v) is 4.66. The highest BCUT2D eigenvalue weighted by molar-refractivity contribution is 9.10. The summed E-state index contributed by atoms with van der Waals surface area (Å²) in [5, 5.41) is 0. The molecule has 0 spiro atoms. The van der Waals surface area contributed by atoms with Gasteiger partial charge in [0, 0.05) is 16.6 Å². The minimum absolute atomic E-state index is 0.00765. The van der Waals surface area contributed by atoms with Crippen LogP contribution in [0.25, 0.3) is 6.08 Å². The lowest BCUT2D eigenvalue weighted by atomic mass is 10.1. The number of ether oxygens (including phenoxy) is 3. The SMILES string of the molecule is CC(C)(C)OC(=O)Cc1ccccc1OCc1cc(Br)cc(C=CC2CCCN2C(=O)OC(C)(C)C)c1. The molecule has 37 heavy (non-hydrogen) atoms. The number of nitrogens with zero attached hydrogens (tertiary/aromatic N) is 1. The fraction of sp³-hybridized carbons (Fsp3) is 0.467. The molecular formula is C30H38BrNO5. The molecular weight excluding hydrogens is 534 g/mol. The lowest BCUT2D eigenvalue weighted by Crippen LogP contribution is -2.39. The summed E-state index contributed by atoms with van der Waals surface area (Å²) < 4.78 is 18.1. The van der Waals surface area contributed by atoms with Crippen molar-refractivity contribution in [2.75, 3.05) is 6.54 Å². The minimum atomic E-state index is -0.532. The fourth-order valence-electron chi connectivity index (χ4n) is 4.10. The molecule has 1 unspecified atom stereocenters. The number of esters is 1. The zero-order valence-electron chi connectivity index (χ0n) is 22.7. The van der Waals surface area contributed by atoms with Gasteiger partial charge in [0.05, 0.1) is 12.5 Å². The Morgan fingerprint density at radius 2 is 1.73 bits per heavy atom. The Morgan fingerprint density at radius 1 is 1.03 bits per heavy atom. The molecule has 0 saturated carbocycles. The van der Waals surface area contributed by atoms with Crippen LogP contribution in [0.4, 0.5) is 4.79 Å². The van der Waals surface area contributed by atoms with Gasteiger partial charge in [-0.25, -0.2) is 4.79 Å². The van der Waals surface area contributed by atoms with E-state index in [0.29, 0.717) is 18.9 Å². The molecule has 6 nitrogen and oxygen atoms in total. The van der Waals surface area contributed by atoms with Gasteiger partial charge in [0.1, 0.15) is 23.6 Å². The lowest BCUT2D eigenvalue weighted by Gasteiger charge is -2.27. The van der Waals surface area contributed by atoms with Gasteiger partial charge in [-0.15, -0.1) is 0 Å². The molecule has 1 aliphatic heterocycles. The van der Waals surface area contributed by atoms with Gasteiger partial charge in [-0.05, 0) is 89.8 Å². The molecule has 1 fully saturated rings. The van der Waals surface area contributed by atoms with E-state index < -0.39 is 11.2 Å². The molecule has 1 atom stereocenters.